The third-order valence-electron chi connectivity index (χ3n) is 5.21. The summed E-state index contributed by atoms with van der Waals surface area (Å²) >= 11 is 0. The molecule has 0 aliphatic carbocycles. The van der Waals surface area contributed by atoms with Gasteiger partial charge >= 0.3 is 0 Å². The first kappa shape index (κ1) is 23.3. The normalized spacial score (nSPS) is 13.7. The van der Waals surface area contributed by atoms with Gasteiger partial charge in [-0.2, -0.15) is 0 Å². The largest absolute Gasteiger partial charge is 0.364 e. The van der Waals surface area contributed by atoms with Crippen LogP contribution in [-0.2, 0) is 13.1 Å². The first-order valence-electron chi connectivity index (χ1n) is 10.1. The lowest BCUT2D eigenvalue weighted by Crippen LogP contribution is -2.36. The molecule has 1 aromatic heterocycles. The first-order chi connectivity index (χ1) is 13.7. The van der Waals surface area contributed by atoms with E-state index in [9.17, 15) is 0 Å². The van der Waals surface area contributed by atoms with Crippen molar-refractivity contribution in [3.63, 3.8) is 0 Å². The predicted molar refractivity (Wildman–Crippen MR) is 130 cm³/mol. The van der Waals surface area contributed by atoms with Gasteiger partial charge < -0.3 is 20.1 Å². The molecule has 2 heterocycles. The van der Waals surface area contributed by atoms with Crippen molar-refractivity contribution in [2.75, 3.05) is 25.0 Å². The smallest absolute Gasteiger partial charge is 0.191 e. The Bertz CT molecular complexity index is 788. The van der Waals surface area contributed by atoms with Gasteiger partial charge in [-0.05, 0) is 30.5 Å². The molecule has 0 fully saturated rings. The van der Waals surface area contributed by atoms with Gasteiger partial charge in [-0.15, -0.1) is 24.0 Å². The van der Waals surface area contributed by atoms with Gasteiger partial charge in [-0.3, -0.25) is 4.99 Å². The first-order valence-corrected chi connectivity index (χ1v) is 10.1. The highest BCUT2D eigenvalue weighted by Crippen LogP contribution is 2.22. The number of anilines is 1. The fraction of sp³-hybridized carbons (Fsp3) is 0.455. The molecule has 0 amide bonds. The van der Waals surface area contributed by atoms with Crippen molar-refractivity contribution in [3.05, 3.63) is 59.5 Å². The number of nitrogens with zero attached hydrogens (tertiary/aromatic N) is 3. The van der Waals surface area contributed by atoms with Gasteiger partial charge in [0.05, 0.1) is 12.2 Å². The Hall–Kier alpha value is -2.03. The Morgan fingerprint density at radius 2 is 1.76 bits per heavy atom. The lowest BCUT2D eigenvalue weighted by Gasteiger charge is -2.18. The van der Waals surface area contributed by atoms with Gasteiger partial charge in [-0.25, -0.2) is 0 Å². The van der Waals surface area contributed by atoms with E-state index in [1.54, 1.807) is 7.05 Å². The Labute approximate surface area is 190 Å². The number of halogens is 1. The van der Waals surface area contributed by atoms with Crippen molar-refractivity contribution in [2.45, 2.75) is 45.7 Å². The molecule has 0 radical (unpaired) electrons. The molecule has 3 rings (SSSR count). The highest BCUT2D eigenvalue weighted by molar-refractivity contribution is 14.0. The number of hydrogen-bond acceptors (Lipinski definition) is 4. The molecule has 1 aliphatic heterocycles. The van der Waals surface area contributed by atoms with Crippen LogP contribution in [0.25, 0.3) is 0 Å². The van der Waals surface area contributed by atoms with Crippen LogP contribution < -0.4 is 15.5 Å². The van der Waals surface area contributed by atoms with Crippen LogP contribution in [0.2, 0.25) is 0 Å². The second-order valence-electron chi connectivity index (χ2n) is 7.05. The van der Waals surface area contributed by atoms with Crippen molar-refractivity contribution in [1.29, 1.82) is 0 Å². The molecule has 0 bridgehead atoms. The number of aromatic nitrogens is 1. The predicted octanol–water partition coefficient (Wildman–Crippen LogP) is 4.44. The van der Waals surface area contributed by atoms with Crippen LogP contribution in [0, 0.1) is 0 Å². The number of guanidine groups is 1. The monoisotopic (exact) mass is 509 g/mol. The Morgan fingerprint density at radius 1 is 1.10 bits per heavy atom. The molecule has 1 aliphatic rings. The summed E-state index contributed by atoms with van der Waals surface area (Å²) in [6.07, 6.45) is 6.55. The van der Waals surface area contributed by atoms with E-state index < -0.39 is 0 Å². The quantitative estimate of drug-likeness (QED) is 0.239. The van der Waals surface area contributed by atoms with Crippen molar-refractivity contribution in [1.82, 2.24) is 15.8 Å². The van der Waals surface area contributed by atoms with Crippen LogP contribution in [0.1, 0.15) is 49.6 Å². The highest BCUT2D eigenvalue weighted by atomic mass is 127. The molecule has 0 saturated carbocycles. The second-order valence-corrected chi connectivity index (χ2v) is 7.05. The molecule has 0 saturated heterocycles. The molecule has 2 aromatic rings. The number of nitrogens with one attached hydrogen (secondary N) is 2. The standard InChI is InChI=1S/C22H31N5O.HI/c1-4-18(5-2)21-14-20(28-26-21)16-25-22(23-3)24-15-17-8-10-19(11-9-17)27-12-6-7-13-27;/h6-11,14,18H,4-5,12-13,15-16H2,1-3H3,(H2,23,24,25);1H. The van der Waals surface area contributed by atoms with E-state index >= 15 is 0 Å². The van der Waals surface area contributed by atoms with Gasteiger partial charge in [0.2, 0.25) is 0 Å². The van der Waals surface area contributed by atoms with Gasteiger partial charge in [0.25, 0.3) is 0 Å². The lowest BCUT2D eigenvalue weighted by molar-refractivity contribution is 0.368. The maximum atomic E-state index is 5.46. The Kier molecular flexibility index (Phi) is 9.50. The van der Waals surface area contributed by atoms with E-state index in [0.717, 1.165) is 43.3 Å². The Morgan fingerprint density at radius 3 is 2.38 bits per heavy atom. The fourth-order valence-corrected chi connectivity index (χ4v) is 3.40. The van der Waals surface area contributed by atoms with Crippen LogP contribution in [-0.4, -0.2) is 31.3 Å². The molecule has 158 valence electrons. The van der Waals surface area contributed by atoms with Crippen LogP contribution in [0.15, 0.2) is 52.0 Å². The maximum Gasteiger partial charge on any atom is 0.191 e. The highest BCUT2D eigenvalue weighted by Gasteiger charge is 2.13. The average molecular weight is 509 g/mol. The molecule has 0 atom stereocenters. The molecule has 2 N–H and O–H groups in total. The minimum atomic E-state index is 0. The zero-order valence-corrected chi connectivity index (χ0v) is 19.8. The molecule has 6 nitrogen and oxygen atoms in total. The SMILES string of the molecule is CCC(CC)c1cc(CNC(=NC)NCc2ccc(N3CC=CC3)cc2)on1.I. The van der Waals surface area contributed by atoms with Crippen LogP contribution in [0.4, 0.5) is 5.69 Å². The Balaban J connectivity index is 0.00000300. The van der Waals surface area contributed by atoms with E-state index in [1.165, 1.54) is 11.3 Å². The van der Waals surface area contributed by atoms with Gasteiger partial charge in [0.15, 0.2) is 11.7 Å². The van der Waals surface area contributed by atoms with Crippen LogP contribution in [0.3, 0.4) is 0 Å². The van der Waals surface area contributed by atoms with Gasteiger partial charge in [0, 0.05) is 44.4 Å². The fourth-order valence-electron chi connectivity index (χ4n) is 3.40. The topological polar surface area (TPSA) is 65.7 Å². The van der Waals surface area contributed by atoms with Crippen molar-refractivity contribution >= 4 is 35.6 Å². The van der Waals surface area contributed by atoms with E-state index in [0.29, 0.717) is 19.0 Å². The molecule has 29 heavy (non-hydrogen) atoms. The zero-order chi connectivity index (χ0) is 19.8. The van der Waals surface area contributed by atoms with E-state index in [1.807, 2.05) is 6.07 Å². The summed E-state index contributed by atoms with van der Waals surface area (Å²) in [6.45, 7) is 7.63. The van der Waals surface area contributed by atoms with Crippen molar-refractivity contribution in [3.8, 4) is 0 Å². The summed E-state index contributed by atoms with van der Waals surface area (Å²) in [7, 11) is 1.77. The summed E-state index contributed by atoms with van der Waals surface area (Å²) in [5, 5.41) is 10.8. The van der Waals surface area contributed by atoms with Crippen molar-refractivity contribution < 1.29 is 4.52 Å². The summed E-state index contributed by atoms with van der Waals surface area (Å²) in [4.78, 5) is 6.63. The summed E-state index contributed by atoms with van der Waals surface area (Å²) < 4.78 is 5.46. The van der Waals surface area contributed by atoms with Crippen molar-refractivity contribution in [2.24, 2.45) is 4.99 Å². The third-order valence-corrected chi connectivity index (χ3v) is 5.21. The molecular formula is C22H32IN5O. The number of aliphatic imine (C=N–C) groups is 1. The summed E-state index contributed by atoms with van der Waals surface area (Å²) in [6, 6.07) is 10.7. The second kappa shape index (κ2) is 11.8. The minimum absolute atomic E-state index is 0. The van der Waals surface area contributed by atoms with E-state index in [2.05, 4.69) is 75.9 Å². The molecule has 7 heteroatoms. The van der Waals surface area contributed by atoms with Crippen LogP contribution >= 0.6 is 24.0 Å². The molecule has 0 spiro atoms. The number of benzene rings is 1. The van der Waals surface area contributed by atoms with E-state index in [4.69, 9.17) is 4.52 Å². The lowest BCUT2D eigenvalue weighted by atomic mass is 9.99. The van der Waals surface area contributed by atoms with Gasteiger partial charge in [0.1, 0.15) is 0 Å². The zero-order valence-electron chi connectivity index (χ0n) is 17.5. The summed E-state index contributed by atoms with van der Waals surface area (Å²) in [5.41, 5.74) is 3.52. The maximum absolute atomic E-state index is 5.46. The summed E-state index contributed by atoms with van der Waals surface area (Å²) in [5.74, 6) is 2.04. The molecular weight excluding hydrogens is 477 g/mol. The molecule has 1 aromatic carbocycles. The van der Waals surface area contributed by atoms with Crippen LogP contribution in [0.5, 0.6) is 0 Å². The van der Waals surface area contributed by atoms with Gasteiger partial charge in [-0.1, -0.05) is 43.3 Å². The number of rotatable bonds is 8. The van der Waals surface area contributed by atoms with E-state index in [-0.39, 0.29) is 24.0 Å². The number of hydrogen-bond donors (Lipinski definition) is 2. The minimum Gasteiger partial charge on any atom is -0.364 e. The molecule has 0 unspecified atom stereocenters. The average Bonchev–Trinajstić information content (AvgIpc) is 3.42. The third kappa shape index (κ3) is 6.48.